The molecule has 0 fully saturated rings. The predicted octanol–water partition coefficient (Wildman–Crippen LogP) is 5.37. The van der Waals surface area contributed by atoms with Gasteiger partial charge in [0, 0.05) is 5.57 Å². The fraction of sp³-hybridized carbons (Fsp3) is 0.471. The molecule has 0 radical (unpaired) electrons. The zero-order valence-electron chi connectivity index (χ0n) is 11.9. The van der Waals surface area contributed by atoms with Crippen LogP contribution in [0.15, 0.2) is 29.8 Å². The topological polar surface area (TPSA) is 17.1 Å². The number of hydrogen-bond donors (Lipinski definition) is 0. The molecule has 0 aliphatic carbocycles. The standard InChI is InChI=1S/C17H23ClO/c1-3-4-5-6-7-8-15-9-11-16(12-10-15)17(18)14(2)13-19/h9-13H,3-8H2,1-2H3/b17-14-. The third-order valence-electron chi connectivity index (χ3n) is 3.30. The second kappa shape index (κ2) is 8.92. The summed E-state index contributed by atoms with van der Waals surface area (Å²) in [6, 6.07) is 8.21. The van der Waals surface area contributed by atoms with Crippen LogP contribution in [0.5, 0.6) is 0 Å². The van der Waals surface area contributed by atoms with Crippen molar-refractivity contribution in [2.24, 2.45) is 0 Å². The summed E-state index contributed by atoms with van der Waals surface area (Å²) in [5.41, 5.74) is 2.84. The lowest BCUT2D eigenvalue weighted by Gasteiger charge is -2.05. The highest BCUT2D eigenvalue weighted by atomic mass is 35.5. The van der Waals surface area contributed by atoms with Crippen LogP contribution < -0.4 is 0 Å². The molecule has 2 heteroatoms. The van der Waals surface area contributed by atoms with Crippen molar-refractivity contribution in [2.75, 3.05) is 0 Å². The largest absolute Gasteiger partial charge is 0.298 e. The van der Waals surface area contributed by atoms with Crippen LogP contribution in [0.4, 0.5) is 0 Å². The summed E-state index contributed by atoms with van der Waals surface area (Å²) < 4.78 is 0. The maximum absolute atomic E-state index is 10.7. The first-order chi connectivity index (χ1) is 9.19. The maximum atomic E-state index is 10.7. The summed E-state index contributed by atoms with van der Waals surface area (Å²) in [6.45, 7) is 3.97. The minimum atomic E-state index is 0.546. The fourth-order valence-electron chi connectivity index (χ4n) is 2.03. The van der Waals surface area contributed by atoms with E-state index in [9.17, 15) is 4.79 Å². The number of carbonyl (C=O) groups excluding carboxylic acids is 1. The van der Waals surface area contributed by atoms with Crippen LogP contribution in [0.25, 0.3) is 5.03 Å². The van der Waals surface area contributed by atoms with Crippen LogP contribution in [-0.2, 0) is 11.2 Å². The Hall–Kier alpha value is -1.08. The minimum absolute atomic E-state index is 0.546. The van der Waals surface area contributed by atoms with Gasteiger partial charge in [-0.1, -0.05) is 68.5 Å². The number of hydrogen-bond acceptors (Lipinski definition) is 1. The molecule has 1 nitrogen and oxygen atoms in total. The Morgan fingerprint density at radius 2 is 1.74 bits per heavy atom. The molecule has 0 amide bonds. The van der Waals surface area contributed by atoms with Crippen LogP contribution in [0.1, 0.15) is 57.1 Å². The number of aryl methyl sites for hydroxylation is 1. The lowest BCUT2D eigenvalue weighted by atomic mass is 10.0. The third kappa shape index (κ3) is 5.61. The summed E-state index contributed by atoms with van der Waals surface area (Å²) in [5.74, 6) is 0. The number of benzene rings is 1. The van der Waals surface area contributed by atoms with E-state index in [-0.39, 0.29) is 0 Å². The van der Waals surface area contributed by atoms with E-state index in [0.717, 1.165) is 18.3 Å². The SMILES string of the molecule is CCCCCCCc1ccc(/C(Cl)=C(\C)C=O)cc1. The van der Waals surface area contributed by atoms with E-state index in [1.807, 2.05) is 12.1 Å². The molecule has 19 heavy (non-hydrogen) atoms. The Kier molecular flexibility index (Phi) is 7.50. The summed E-state index contributed by atoms with van der Waals surface area (Å²) in [6.07, 6.45) is 8.43. The molecule has 0 aromatic heterocycles. The van der Waals surface area contributed by atoms with Crippen molar-refractivity contribution < 1.29 is 4.79 Å². The molecule has 0 heterocycles. The highest BCUT2D eigenvalue weighted by Gasteiger charge is 2.02. The Morgan fingerprint density at radius 3 is 2.32 bits per heavy atom. The van der Waals surface area contributed by atoms with Gasteiger partial charge in [0.2, 0.25) is 0 Å². The predicted molar refractivity (Wildman–Crippen MR) is 83.4 cm³/mol. The highest BCUT2D eigenvalue weighted by Crippen LogP contribution is 2.22. The Balaban J connectivity index is 2.50. The van der Waals surface area contributed by atoms with Gasteiger partial charge in [-0.05, 0) is 30.9 Å². The van der Waals surface area contributed by atoms with E-state index in [2.05, 4.69) is 19.1 Å². The van der Waals surface area contributed by atoms with Crippen LogP contribution in [0.2, 0.25) is 0 Å². The molecule has 0 spiro atoms. The Bertz CT molecular complexity index is 417. The van der Waals surface area contributed by atoms with Gasteiger partial charge in [0.15, 0.2) is 0 Å². The van der Waals surface area contributed by atoms with E-state index < -0.39 is 0 Å². The average Bonchev–Trinajstić information content (AvgIpc) is 2.46. The molecule has 0 aliphatic heterocycles. The van der Waals surface area contributed by atoms with Gasteiger partial charge < -0.3 is 0 Å². The van der Waals surface area contributed by atoms with E-state index in [1.54, 1.807) is 6.92 Å². The molecule has 104 valence electrons. The van der Waals surface area contributed by atoms with Crippen molar-refractivity contribution in [3.05, 3.63) is 41.0 Å². The molecule has 1 rings (SSSR count). The van der Waals surface area contributed by atoms with Gasteiger partial charge in [-0.25, -0.2) is 0 Å². The zero-order valence-corrected chi connectivity index (χ0v) is 12.7. The lowest BCUT2D eigenvalue weighted by molar-refractivity contribution is -0.104. The number of halogens is 1. The van der Waals surface area contributed by atoms with Crippen molar-refractivity contribution in [1.29, 1.82) is 0 Å². The first-order valence-electron chi connectivity index (χ1n) is 7.10. The average molecular weight is 279 g/mol. The van der Waals surface area contributed by atoms with Crippen molar-refractivity contribution in [2.45, 2.75) is 52.4 Å². The van der Waals surface area contributed by atoms with E-state index in [0.29, 0.717) is 10.6 Å². The van der Waals surface area contributed by atoms with Crippen molar-refractivity contribution >= 4 is 22.9 Å². The summed E-state index contributed by atoms with van der Waals surface area (Å²) in [7, 11) is 0. The fourth-order valence-corrected chi connectivity index (χ4v) is 2.20. The lowest BCUT2D eigenvalue weighted by Crippen LogP contribution is -1.88. The first kappa shape index (κ1) is 16.0. The van der Waals surface area contributed by atoms with Crippen LogP contribution in [0, 0.1) is 0 Å². The van der Waals surface area contributed by atoms with Crippen LogP contribution >= 0.6 is 11.6 Å². The molecule has 0 aliphatic rings. The first-order valence-corrected chi connectivity index (χ1v) is 7.47. The van der Waals surface area contributed by atoms with Gasteiger partial charge in [0.05, 0.1) is 5.03 Å². The third-order valence-corrected chi connectivity index (χ3v) is 3.82. The molecule has 0 unspecified atom stereocenters. The van der Waals surface area contributed by atoms with Gasteiger partial charge in [0.25, 0.3) is 0 Å². The molecule has 1 aromatic carbocycles. The number of aldehydes is 1. The maximum Gasteiger partial charge on any atom is 0.147 e. The van der Waals surface area contributed by atoms with E-state index in [1.165, 1.54) is 37.7 Å². The second-order valence-electron chi connectivity index (χ2n) is 4.98. The smallest absolute Gasteiger partial charge is 0.147 e. The second-order valence-corrected chi connectivity index (χ2v) is 5.35. The van der Waals surface area contributed by atoms with Gasteiger partial charge >= 0.3 is 0 Å². The van der Waals surface area contributed by atoms with Gasteiger partial charge in [-0.3, -0.25) is 4.79 Å². The molecule has 0 saturated carbocycles. The van der Waals surface area contributed by atoms with Gasteiger partial charge in [-0.2, -0.15) is 0 Å². The summed E-state index contributed by atoms with van der Waals surface area (Å²) in [4.78, 5) is 10.7. The number of rotatable bonds is 8. The highest BCUT2D eigenvalue weighted by molar-refractivity contribution is 6.50. The van der Waals surface area contributed by atoms with Crippen LogP contribution in [-0.4, -0.2) is 6.29 Å². The van der Waals surface area contributed by atoms with E-state index in [4.69, 9.17) is 11.6 Å². The minimum Gasteiger partial charge on any atom is -0.298 e. The molecule has 0 saturated heterocycles. The summed E-state index contributed by atoms with van der Waals surface area (Å²) >= 11 is 6.12. The normalized spacial score (nSPS) is 12.2. The molecule has 1 aromatic rings. The number of carbonyl (C=O) groups is 1. The monoisotopic (exact) mass is 278 g/mol. The van der Waals surface area contributed by atoms with Gasteiger partial charge in [-0.15, -0.1) is 0 Å². The Labute approximate surface area is 121 Å². The quantitative estimate of drug-likeness (QED) is 0.355. The Morgan fingerprint density at radius 1 is 1.11 bits per heavy atom. The molecular formula is C17H23ClO. The van der Waals surface area contributed by atoms with Crippen molar-refractivity contribution in [3.63, 3.8) is 0 Å². The molecule has 0 N–H and O–H groups in total. The molecule has 0 atom stereocenters. The van der Waals surface area contributed by atoms with E-state index >= 15 is 0 Å². The zero-order chi connectivity index (χ0) is 14.1. The molecule has 0 bridgehead atoms. The van der Waals surface area contributed by atoms with Crippen molar-refractivity contribution in [3.8, 4) is 0 Å². The summed E-state index contributed by atoms with van der Waals surface area (Å²) in [5, 5.41) is 0.546. The van der Waals surface area contributed by atoms with Crippen LogP contribution in [0.3, 0.4) is 0 Å². The van der Waals surface area contributed by atoms with Gasteiger partial charge in [0.1, 0.15) is 6.29 Å². The number of allylic oxidation sites excluding steroid dienone is 1. The molecular weight excluding hydrogens is 256 g/mol. The number of unbranched alkanes of at least 4 members (excludes halogenated alkanes) is 4. The van der Waals surface area contributed by atoms with Crippen molar-refractivity contribution in [1.82, 2.24) is 0 Å².